The van der Waals surface area contributed by atoms with Gasteiger partial charge in [-0.1, -0.05) is 27.7 Å². The van der Waals surface area contributed by atoms with Crippen LogP contribution in [0.5, 0.6) is 0 Å². The number of nitrogen functional groups attached to an aromatic ring is 1. The molecule has 0 atom stereocenters. The Morgan fingerprint density at radius 3 is 2.19 bits per heavy atom. The number of sulfone groups is 1. The second kappa shape index (κ2) is 6.79. The van der Waals surface area contributed by atoms with Gasteiger partial charge in [-0.3, -0.25) is 4.79 Å². The van der Waals surface area contributed by atoms with Gasteiger partial charge in [0.05, 0.1) is 10.6 Å². The molecule has 0 fully saturated rings. The Morgan fingerprint density at radius 2 is 1.81 bits per heavy atom. The summed E-state index contributed by atoms with van der Waals surface area (Å²) in [6.07, 6.45) is 2.85. The minimum Gasteiger partial charge on any atom is -0.396 e. The number of anilines is 2. The summed E-state index contributed by atoms with van der Waals surface area (Å²) >= 11 is 1.14. The first kappa shape index (κ1) is 18.0. The third-order valence-electron chi connectivity index (χ3n) is 3.34. The molecule has 0 saturated carbocycles. The second-order valence-electron chi connectivity index (χ2n) is 5.45. The molecule has 120 valence electrons. The fraction of sp³-hybridized carbons (Fsp3) is 0.643. The predicted octanol–water partition coefficient (Wildman–Crippen LogP) is 3.17. The van der Waals surface area contributed by atoms with E-state index in [1.807, 2.05) is 13.8 Å². The van der Waals surface area contributed by atoms with Crippen LogP contribution in [0.4, 0.5) is 10.7 Å². The fourth-order valence-electron chi connectivity index (χ4n) is 2.02. The summed E-state index contributed by atoms with van der Waals surface area (Å²) in [7, 11) is -3.49. The van der Waals surface area contributed by atoms with Gasteiger partial charge in [0.2, 0.25) is 0 Å². The molecule has 0 saturated heterocycles. The molecule has 1 heterocycles. The Bertz CT molecular complexity index is 614. The lowest BCUT2D eigenvalue weighted by atomic mass is 10.1. The van der Waals surface area contributed by atoms with Crippen LogP contribution in [0.15, 0.2) is 4.90 Å². The van der Waals surface area contributed by atoms with E-state index in [4.69, 9.17) is 5.73 Å². The van der Waals surface area contributed by atoms with Crippen molar-refractivity contribution in [2.45, 2.75) is 51.5 Å². The average Bonchev–Trinajstić information content (AvgIpc) is 2.71. The van der Waals surface area contributed by atoms with E-state index in [0.29, 0.717) is 9.88 Å². The number of hydrogen-bond acceptors (Lipinski definition) is 6. The van der Waals surface area contributed by atoms with Crippen molar-refractivity contribution in [1.29, 1.82) is 0 Å². The zero-order chi connectivity index (χ0) is 16.4. The molecule has 21 heavy (non-hydrogen) atoms. The largest absolute Gasteiger partial charge is 0.396 e. The lowest BCUT2D eigenvalue weighted by molar-refractivity contribution is 0.0944. The van der Waals surface area contributed by atoms with Crippen LogP contribution in [0.3, 0.4) is 0 Å². The Morgan fingerprint density at radius 1 is 1.29 bits per heavy atom. The molecule has 0 amide bonds. The van der Waals surface area contributed by atoms with Gasteiger partial charge in [-0.05, 0) is 12.8 Å². The summed E-state index contributed by atoms with van der Waals surface area (Å²) in [6.45, 7) is 7.60. The maximum atomic E-state index is 12.2. The Balaban J connectivity index is 3.42. The van der Waals surface area contributed by atoms with Crippen molar-refractivity contribution in [3.05, 3.63) is 4.88 Å². The van der Waals surface area contributed by atoms with Crippen LogP contribution in [0.1, 0.15) is 50.2 Å². The third-order valence-corrected chi connectivity index (χ3v) is 5.79. The fourth-order valence-corrected chi connectivity index (χ4v) is 4.74. The van der Waals surface area contributed by atoms with E-state index in [2.05, 4.69) is 5.32 Å². The van der Waals surface area contributed by atoms with Crippen molar-refractivity contribution in [2.24, 2.45) is 5.92 Å². The van der Waals surface area contributed by atoms with Crippen LogP contribution < -0.4 is 11.1 Å². The summed E-state index contributed by atoms with van der Waals surface area (Å²) in [5.74, 6) is -0.348. The number of ketones is 1. The summed E-state index contributed by atoms with van der Waals surface area (Å²) in [4.78, 5) is 12.6. The highest BCUT2D eigenvalue weighted by Crippen LogP contribution is 2.40. The third kappa shape index (κ3) is 3.97. The highest BCUT2D eigenvalue weighted by molar-refractivity contribution is 7.91. The number of carbonyl (C=O) groups is 1. The van der Waals surface area contributed by atoms with Crippen molar-refractivity contribution >= 4 is 37.6 Å². The predicted molar refractivity (Wildman–Crippen MR) is 89.0 cm³/mol. The topological polar surface area (TPSA) is 89.3 Å². The summed E-state index contributed by atoms with van der Waals surface area (Å²) in [6, 6.07) is 0.158. The minimum absolute atomic E-state index is 0.0587. The van der Waals surface area contributed by atoms with Crippen molar-refractivity contribution in [3.8, 4) is 0 Å². The zero-order valence-electron chi connectivity index (χ0n) is 13.2. The standard InChI is InChI=1S/C14H24N2O3S2/c1-6-9(7-2)16-14-13(21(5,18)19)10(15)12(20-14)11(17)8(3)4/h8-9,16H,6-7,15H2,1-5H3. The van der Waals surface area contributed by atoms with Gasteiger partial charge in [-0.2, -0.15) is 0 Å². The number of thiophene rings is 1. The van der Waals surface area contributed by atoms with Crippen molar-refractivity contribution in [2.75, 3.05) is 17.3 Å². The van der Waals surface area contributed by atoms with E-state index in [9.17, 15) is 13.2 Å². The van der Waals surface area contributed by atoms with Crippen molar-refractivity contribution in [3.63, 3.8) is 0 Å². The molecule has 0 aliphatic heterocycles. The Labute approximate surface area is 130 Å². The van der Waals surface area contributed by atoms with E-state index >= 15 is 0 Å². The average molecular weight is 332 g/mol. The van der Waals surface area contributed by atoms with Crippen LogP contribution in [0.2, 0.25) is 0 Å². The normalized spacial score (nSPS) is 12.1. The molecule has 0 spiro atoms. The lowest BCUT2D eigenvalue weighted by Crippen LogP contribution is -2.17. The molecule has 3 N–H and O–H groups in total. The summed E-state index contributed by atoms with van der Waals surface area (Å²) < 4.78 is 24.0. The maximum Gasteiger partial charge on any atom is 0.180 e. The molecule has 0 aliphatic carbocycles. The Hall–Kier alpha value is -1.08. The van der Waals surface area contributed by atoms with Gasteiger partial charge in [0, 0.05) is 18.2 Å². The van der Waals surface area contributed by atoms with E-state index in [1.54, 1.807) is 13.8 Å². The number of carbonyl (C=O) groups excluding carboxylic acids is 1. The quantitative estimate of drug-likeness (QED) is 0.749. The lowest BCUT2D eigenvalue weighted by Gasteiger charge is -2.15. The van der Waals surface area contributed by atoms with Gasteiger partial charge in [0.15, 0.2) is 15.6 Å². The molecule has 5 nitrogen and oxygen atoms in total. The molecule has 0 bridgehead atoms. The molecular weight excluding hydrogens is 308 g/mol. The molecule has 0 aromatic carbocycles. The molecule has 1 aromatic heterocycles. The molecule has 7 heteroatoms. The van der Waals surface area contributed by atoms with Crippen LogP contribution in [-0.4, -0.2) is 26.5 Å². The zero-order valence-corrected chi connectivity index (χ0v) is 14.8. The van der Waals surface area contributed by atoms with Crippen LogP contribution >= 0.6 is 11.3 Å². The SMILES string of the molecule is CCC(CC)Nc1sc(C(=O)C(C)C)c(N)c1S(C)(=O)=O. The first-order chi connectivity index (χ1) is 9.63. The molecular formula is C14H24N2O3S2. The van der Waals surface area contributed by atoms with Crippen LogP contribution in [0.25, 0.3) is 0 Å². The molecule has 0 aliphatic rings. The summed E-state index contributed by atoms with van der Waals surface area (Å²) in [5, 5.41) is 3.70. The monoisotopic (exact) mass is 332 g/mol. The Kier molecular flexibility index (Phi) is 5.81. The number of hydrogen-bond donors (Lipinski definition) is 2. The number of nitrogens with one attached hydrogen (secondary N) is 1. The van der Waals surface area contributed by atoms with Crippen LogP contribution in [-0.2, 0) is 9.84 Å². The van der Waals surface area contributed by atoms with Crippen LogP contribution in [0, 0.1) is 5.92 Å². The molecule has 0 radical (unpaired) electrons. The molecule has 0 unspecified atom stereocenters. The molecule has 1 aromatic rings. The highest BCUT2D eigenvalue weighted by atomic mass is 32.2. The smallest absolute Gasteiger partial charge is 0.180 e. The van der Waals surface area contributed by atoms with Gasteiger partial charge in [-0.15, -0.1) is 11.3 Å². The van der Waals surface area contributed by atoms with Crippen molar-refractivity contribution < 1.29 is 13.2 Å². The first-order valence-electron chi connectivity index (χ1n) is 7.06. The second-order valence-corrected chi connectivity index (χ2v) is 8.43. The van der Waals surface area contributed by atoms with E-state index in [-0.39, 0.29) is 28.3 Å². The summed E-state index contributed by atoms with van der Waals surface area (Å²) in [5.41, 5.74) is 6.04. The van der Waals surface area contributed by atoms with Gasteiger partial charge in [0.25, 0.3) is 0 Å². The van der Waals surface area contributed by atoms with Crippen molar-refractivity contribution in [1.82, 2.24) is 0 Å². The van der Waals surface area contributed by atoms with Gasteiger partial charge >= 0.3 is 0 Å². The van der Waals surface area contributed by atoms with E-state index < -0.39 is 9.84 Å². The number of nitrogens with two attached hydrogens (primary N) is 1. The maximum absolute atomic E-state index is 12.2. The molecule has 1 rings (SSSR count). The van der Waals surface area contributed by atoms with Gasteiger partial charge < -0.3 is 11.1 Å². The highest BCUT2D eigenvalue weighted by Gasteiger charge is 2.28. The number of rotatable bonds is 7. The van der Waals surface area contributed by atoms with E-state index in [0.717, 1.165) is 30.4 Å². The van der Waals surface area contributed by atoms with Gasteiger partial charge in [0.1, 0.15) is 9.90 Å². The number of Topliss-reactive ketones (excluding diaryl/α,β-unsaturated/α-hetero) is 1. The van der Waals surface area contributed by atoms with Gasteiger partial charge in [-0.25, -0.2) is 8.42 Å². The first-order valence-corrected chi connectivity index (χ1v) is 9.77. The minimum atomic E-state index is -3.49. The van der Waals surface area contributed by atoms with E-state index in [1.165, 1.54) is 0 Å².